The summed E-state index contributed by atoms with van der Waals surface area (Å²) in [6, 6.07) is 15.7. The molecule has 232 valence electrons. The first-order chi connectivity index (χ1) is 21.8. The fourth-order valence-electron chi connectivity index (χ4n) is 4.39. The van der Waals surface area contributed by atoms with Gasteiger partial charge in [0.2, 0.25) is 0 Å². The van der Waals surface area contributed by atoms with Crippen LogP contribution in [0.3, 0.4) is 0 Å². The van der Waals surface area contributed by atoms with Crippen molar-refractivity contribution in [1.29, 1.82) is 0 Å². The van der Waals surface area contributed by atoms with Gasteiger partial charge < -0.3 is 4.74 Å². The fourth-order valence-corrected chi connectivity index (χ4v) is 5.62. The third kappa shape index (κ3) is 6.03. The zero-order chi connectivity index (χ0) is 33.4. The number of halogens is 5. The zero-order valence-electron chi connectivity index (χ0n) is 22.6. The Morgan fingerprint density at radius 2 is 1.26 bits per heavy atom. The van der Waals surface area contributed by atoms with E-state index in [1.165, 1.54) is 54.6 Å². The first-order valence-electron chi connectivity index (χ1n) is 12.7. The molecule has 1 aliphatic rings. The van der Waals surface area contributed by atoms with E-state index >= 15 is 0 Å². The van der Waals surface area contributed by atoms with Crippen LogP contribution in [0, 0.1) is 10.1 Å². The summed E-state index contributed by atoms with van der Waals surface area (Å²) in [7, 11) is 0. The Labute approximate surface area is 283 Å². The van der Waals surface area contributed by atoms with Gasteiger partial charge in [-0.05, 0) is 48.5 Å². The summed E-state index contributed by atoms with van der Waals surface area (Å²) in [5.41, 5.74) is -1.10. The largest absolute Gasteiger partial charge is 0.423 e. The summed E-state index contributed by atoms with van der Waals surface area (Å²) in [6.45, 7) is -0.839. The number of amides is 3. The number of hydrazine groups is 1. The van der Waals surface area contributed by atoms with Crippen LogP contribution in [0.2, 0.25) is 25.1 Å². The van der Waals surface area contributed by atoms with Crippen LogP contribution in [0.25, 0.3) is 0 Å². The second-order valence-electron chi connectivity index (χ2n) is 9.41. The van der Waals surface area contributed by atoms with Crippen LogP contribution in [0.1, 0.15) is 51.8 Å². The Kier molecular flexibility index (Phi) is 9.34. The maximum atomic E-state index is 13.8. The van der Waals surface area contributed by atoms with Gasteiger partial charge in [0.05, 0.1) is 52.3 Å². The van der Waals surface area contributed by atoms with E-state index in [4.69, 9.17) is 62.7 Å². The van der Waals surface area contributed by atoms with Crippen molar-refractivity contribution in [1.82, 2.24) is 10.0 Å². The minimum Gasteiger partial charge on any atom is -0.423 e. The number of hydrogen-bond acceptors (Lipinski definition) is 8. The molecule has 0 aliphatic carbocycles. The lowest BCUT2D eigenvalue weighted by Gasteiger charge is -2.29. The van der Waals surface area contributed by atoms with Gasteiger partial charge >= 0.3 is 5.97 Å². The Bertz CT molecular complexity index is 1940. The molecule has 4 aromatic carbocycles. The molecule has 46 heavy (non-hydrogen) atoms. The van der Waals surface area contributed by atoms with E-state index in [0.29, 0.717) is 10.0 Å². The number of carbonyl (C=O) groups excluding carboxylic acids is 5. The molecule has 16 heteroatoms. The van der Waals surface area contributed by atoms with Crippen molar-refractivity contribution in [3.05, 3.63) is 136 Å². The number of Topliss-reactive ketones (excluding diaryl/α,β-unsaturated/α-hetero) is 1. The van der Waals surface area contributed by atoms with Gasteiger partial charge in [-0.25, -0.2) is 9.80 Å². The van der Waals surface area contributed by atoms with Crippen molar-refractivity contribution in [2.24, 2.45) is 0 Å². The highest BCUT2D eigenvalue weighted by Crippen LogP contribution is 2.45. The molecule has 0 radical (unpaired) electrons. The van der Waals surface area contributed by atoms with Crippen LogP contribution >= 0.6 is 58.0 Å². The molecule has 0 N–H and O–H groups in total. The van der Waals surface area contributed by atoms with Gasteiger partial charge in [0.25, 0.3) is 23.4 Å². The van der Waals surface area contributed by atoms with E-state index in [2.05, 4.69) is 0 Å². The van der Waals surface area contributed by atoms with Crippen molar-refractivity contribution < 1.29 is 33.6 Å². The number of benzene rings is 4. The third-order valence-electron chi connectivity index (χ3n) is 6.65. The van der Waals surface area contributed by atoms with Gasteiger partial charge in [0, 0.05) is 17.7 Å². The summed E-state index contributed by atoms with van der Waals surface area (Å²) in [5, 5.41) is 10.5. The zero-order valence-corrected chi connectivity index (χ0v) is 26.4. The monoisotopic (exact) mass is 719 g/mol. The van der Waals surface area contributed by atoms with Crippen LogP contribution in [0.4, 0.5) is 5.69 Å². The number of esters is 1. The van der Waals surface area contributed by atoms with Crippen molar-refractivity contribution in [2.45, 2.75) is 0 Å². The number of ketones is 1. The van der Waals surface area contributed by atoms with Crippen LogP contribution in [-0.2, 0) is 0 Å². The molecule has 0 unspecified atom stereocenters. The Hall–Kier alpha value is -4.52. The smallest absolute Gasteiger partial charge is 0.343 e. The van der Waals surface area contributed by atoms with Crippen LogP contribution in [-0.4, -0.2) is 51.0 Å². The lowest BCUT2D eigenvalue weighted by molar-refractivity contribution is -0.384. The van der Waals surface area contributed by atoms with E-state index in [9.17, 15) is 34.1 Å². The average molecular weight is 722 g/mol. The number of fused-ring (bicyclic) bond motifs is 1. The highest BCUT2D eigenvalue weighted by Gasteiger charge is 2.46. The lowest BCUT2D eigenvalue weighted by atomic mass is 10.1. The molecule has 4 aromatic rings. The SMILES string of the molecule is O=C(CN(C(=O)c1ccccc1Cl)N1C(=O)c2c(Cl)c(Cl)c(Cl)c(Cl)c2C1=O)c1ccc(OC(=O)c2ccc([N+](=O)[O-])cc2)cc1. The normalized spacial score (nSPS) is 12.2. The van der Waals surface area contributed by atoms with Crippen LogP contribution < -0.4 is 4.74 Å². The maximum Gasteiger partial charge on any atom is 0.343 e. The number of rotatable bonds is 8. The standard InChI is InChI=1S/C30H14Cl5N3O8/c31-19-4-2-1-3-18(19)27(40)36(37-28(41)21-22(29(37)42)24(33)26(35)25(34)23(21)32)13-20(39)14-7-11-17(12-8-14)46-30(43)15-5-9-16(10-6-15)38(44)45/h1-12H,13H2. The van der Waals surface area contributed by atoms with E-state index < -0.39 is 52.1 Å². The molecule has 0 spiro atoms. The van der Waals surface area contributed by atoms with Crippen molar-refractivity contribution >= 4 is 93.2 Å². The number of hydrogen-bond donors (Lipinski definition) is 0. The minimum atomic E-state index is -1.09. The van der Waals surface area contributed by atoms with Crippen molar-refractivity contribution in [2.75, 3.05) is 6.54 Å². The van der Waals surface area contributed by atoms with Gasteiger partial charge in [0.15, 0.2) is 5.78 Å². The topological polar surface area (TPSA) is 144 Å². The Balaban J connectivity index is 1.43. The van der Waals surface area contributed by atoms with Gasteiger partial charge in [-0.15, -0.1) is 0 Å². The molecule has 0 fully saturated rings. The highest BCUT2D eigenvalue weighted by atomic mass is 35.5. The van der Waals surface area contributed by atoms with E-state index in [1.54, 1.807) is 6.07 Å². The summed E-state index contributed by atoms with van der Waals surface area (Å²) in [6.07, 6.45) is 0. The third-order valence-corrected chi connectivity index (χ3v) is 8.79. The Morgan fingerprint density at radius 1 is 0.739 bits per heavy atom. The quantitative estimate of drug-likeness (QED) is 0.0264. The van der Waals surface area contributed by atoms with E-state index in [0.717, 1.165) is 12.1 Å². The van der Waals surface area contributed by atoms with Crippen LogP contribution in [0.15, 0.2) is 72.8 Å². The number of non-ortho nitro benzene ring substituents is 1. The van der Waals surface area contributed by atoms with Crippen molar-refractivity contribution in [3.8, 4) is 5.75 Å². The molecule has 0 aromatic heterocycles. The fraction of sp³-hybridized carbons (Fsp3) is 0.0333. The number of carbonyl (C=O) groups is 5. The molecule has 1 heterocycles. The molecule has 11 nitrogen and oxygen atoms in total. The molecule has 1 aliphatic heterocycles. The van der Waals surface area contributed by atoms with Gasteiger partial charge in [0.1, 0.15) is 12.3 Å². The molecular formula is C30H14Cl5N3O8. The number of nitro groups is 1. The molecule has 0 saturated carbocycles. The molecule has 0 bridgehead atoms. The second-order valence-corrected chi connectivity index (χ2v) is 11.3. The first-order valence-corrected chi connectivity index (χ1v) is 14.6. The average Bonchev–Trinajstić information content (AvgIpc) is 3.31. The lowest BCUT2D eigenvalue weighted by Crippen LogP contribution is -2.51. The summed E-state index contributed by atoms with van der Waals surface area (Å²) < 4.78 is 5.27. The Morgan fingerprint density at radius 3 is 1.78 bits per heavy atom. The van der Waals surface area contributed by atoms with Gasteiger partial charge in [-0.1, -0.05) is 70.1 Å². The van der Waals surface area contributed by atoms with Gasteiger partial charge in [-0.3, -0.25) is 29.3 Å². The highest BCUT2D eigenvalue weighted by molar-refractivity contribution is 6.55. The van der Waals surface area contributed by atoms with Crippen molar-refractivity contribution in [3.63, 3.8) is 0 Å². The number of nitro benzene ring substituents is 1. The number of nitrogens with zero attached hydrogens (tertiary/aromatic N) is 3. The summed E-state index contributed by atoms with van der Waals surface area (Å²) >= 11 is 30.9. The molecule has 3 amide bonds. The second kappa shape index (κ2) is 13.1. The molecular weight excluding hydrogens is 708 g/mol. The summed E-state index contributed by atoms with van der Waals surface area (Å²) in [5.74, 6) is -4.68. The molecule has 0 saturated heterocycles. The van der Waals surface area contributed by atoms with Crippen LogP contribution in [0.5, 0.6) is 5.75 Å². The number of imide groups is 1. The molecule has 5 rings (SSSR count). The van der Waals surface area contributed by atoms with E-state index in [1.807, 2.05) is 0 Å². The predicted molar refractivity (Wildman–Crippen MR) is 168 cm³/mol. The predicted octanol–water partition coefficient (Wildman–Crippen LogP) is 7.62. The van der Waals surface area contributed by atoms with Gasteiger partial charge in [-0.2, -0.15) is 5.01 Å². The summed E-state index contributed by atoms with van der Waals surface area (Å²) in [4.78, 5) is 77.1. The number of ether oxygens (including phenoxy) is 1. The minimum absolute atomic E-state index is 0.00542. The first kappa shape index (κ1) is 32.9. The van der Waals surface area contributed by atoms with E-state index in [-0.39, 0.29) is 53.2 Å². The molecule has 0 atom stereocenters. The maximum absolute atomic E-state index is 13.8.